The third kappa shape index (κ3) is 6.61. The number of carbonyl (C=O) groups excluding carboxylic acids is 1. The molecule has 2 unspecified atom stereocenters. The van der Waals surface area contributed by atoms with Gasteiger partial charge in [0.1, 0.15) is 18.0 Å². The molecule has 0 aliphatic carbocycles. The number of hydrogen-bond acceptors (Lipinski definition) is 5. The van der Waals surface area contributed by atoms with Gasteiger partial charge in [-0.05, 0) is 76.8 Å². The van der Waals surface area contributed by atoms with Gasteiger partial charge in [0.2, 0.25) is 0 Å². The second-order valence-electron chi connectivity index (χ2n) is 8.91. The van der Waals surface area contributed by atoms with Crippen LogP contribution in [0.2, 0.25) is 0 Å². The molecule has 0 spiro atoms. The summed E-state index contributed by atoms with van der Waals surface area (Å²) in [5.41, 5.74) is 3.02. The molecule has 1 fully saturated rings. The summed E-state index contributed by atoms with van der Waals surface area (Å²) in [6.45, 7) is 14.1. The Balaban J connectivity index is 2.22. The van der Waals surface area contributed by atoms with Crippen LogP contribution in [0.1, 0.15) is 63.1 Å². The lowest BCUT2D eigenvalue weighted by molar-refractivity contribution is 0.0486. The Morgan fingerprint density at radius 1 is 1.24 bits per heavy atom. The van der Waals surface area contributed by atoms with Gasteiger partial charge in [0.15, 0.2) is 0 Å². The van der Waals surface area contributed by atoms with E-state index in [1.165, 1.54) is 11.1 Å². The Labute approximate surface area is 175 Å². The van der Waals surface area contributed by atoms with Gasteiger partial charge in [-0.1, -0.05) is 13.0 Å². The van der Waals surface area contributed by atoms with E-state index in [-0.39, 0.29) is 24.1 Å². The molecule has 2 N–H and O–H groups in total. The SMILES string of the molecule is COCCOc1ccc(C(C)[C@H](NC(=O)OC(C)(C)C)C2CCCN2)c(C)c1C. The minimum atomic E-state index is -0.519. The van der Waals surface area contributed by atoms with Gasteiger partial charge in [0.25, 0.3) is 0 Å². The van der Waals surface area contributed by atoms with Gasteiger partial charge in [-0.3, -0.25) is 0 Å². The van der Waals surface area contributed by atoms with Crippen molar-refractivity contribution in [1.82, 2.24) is 10.6 Å². The van der Waals surface area contributed by atoms with Gasteiger partial charge >= 0.3 is 6.09 Å². The molecule has 1 aliphatic rings. The summed E-state index contributed by atoms with van der Waals surface area (Å²) in [6, 6.07) is 4.32. The summed E-state index contributed by atoms with van der Waals surface area (Å²) < 4.78 is 16.4. The maximum Gasteiger partial charge on any atom is 0.407 e. The number of carbonyl (C=O) groups is 1. The van der Waals surface area contributed by atoms with Crippen molar-refractivity contribution in [3.8, 4) is 5.75 Å². The van der Waals surface area contributed by atoms with Gasteiger partial charge in [0, 0.05) is 19.1 Å². The zero-order valence-electron chi connectivity index (χ0n) is 19.1. The van der Waals surface area contributed by atoms with Gasteiger partial charge in [-0.15, -0.1) is 0 Å². The Morgan fingerprint density at radius 2 is 1.97 bits per heavy atom. The fourth-order valence-corrected chi connectivity index (χ4v) is 3.93. The molecule has 0 saturated carbocycles. The number of benzene rings is 1. The smallest absolute Gasteiger partial charge is 0.407 e. The molecule has 1 aliphatic heterocycles. The monoisotopic (exact) mass is 406 g/mol. The molecule has 6 nitrogen and oxygen atoms in total. The highest BCUT2D eigenvalue weighted by molar-refractivity contribution is 5.68. The van der Waals surface area contributed by atoms with Crippen molar-refractivity contribution in [3.63, 3.8) is 0 Å². The zero-order chi connectivity index (χ0) is 21.6. The van der Waals surface area contributed by atoms with Gasteiger partial charge in [-0.2, -0.15) is 0 Å². The molecule has 0 aromatic heterocycles. The van der Waals surface area contributed by atoms with Gasteiger partial charge in [0.05, 0.1) is 12.6 Å². The summed E-state index contributed by atoms with van der Waals surface area (Å²) in [5, 5.41) is 6.69. The summed E-state index contributed by atoms with van der Waals surface area (Å²) in [4.78, 5) is 12.5. The Bertz CT molecular complexity index is 678. The highest BCUT2D eigenvalue weighted by Crippen LogP contribution is 2.32. The number of ether oxygens (including phenoxy) is 3. The first kappa shape index (κ1) is 23.5. The lowest BCUT2D eigenvalue weighted by Crippen LogP contribution is -2.51. The summed E-state index contributed by atoms with van der Waals surface area (Å²) in [7, 11) is 1.67. The lowest BCUT2D eigenvalue weighted by Gasteiger charge is -2.33. The minimum Gasteiger partial charge on any atom is -0.491 e. The summed E-state index contributed by atoms with van der Waals surface area (Å²) in [6.07, 6.45) is 1.80. The fraction of sp³-hybridized carbons (Fsp3) is 0.696. The number of alkyl carbamates (subject to hydrolysis) is 1. The molecule has 164 valence electrons. The standard InChI is InChI=1S/C23H38N2O4/c1-15-16(2)20(28-14-13-27-7)11-10-18(15)17(3)21(19-9-8-12-24-19)25-22(26)29-23(4,5)6/h10-11,17,19,21,24H,8-9,12-14H2,1-7H3,(H,25,26)/t17?,19?,21-/m0/s1. The Kier molecular flexibility index (Phi) is 8.34. The molecule has 29 heavy (non-hydrogen) atoms. The van der Waals surface area contributed by atoms with Crippen molar-refractivity contribution < 1.29 is 19.0 Å². The van der Waals surface area contributed by atoms with Crippen LogP contribution in [0.4, 0.5) is 4.79 Å². The van der Waals surface area contributed by atoms with Crippen molar-refractivity contribution in [3.05, 3.63) is 28.8 Å². The molecule has 6 heteroatoms. The molecular weight excluding hydrogens is 368 g/mol. The van der Waals surface area contributed by atoms with E-state index >= 15 is 0 Å². The highest BCUT2D eigenvalue weighted by Gasteiger charge is 2.33. The largest absolute Gasteiger partial charge is 0.491 e. The maximum absolute atomic E-state index is 12.5. The minimum absolute atomic E-state index is 0.0503. The third-order valence-electron chi connectivity index (χ3n) is 5.57. The van der Waals surface area contributed by atoms with Gasteiger partial charge < -0.3 is 24.8 Å². The van der Waals surface area contributed by atoms with E-state index in [1.54, 1.807) is 7.11 Å². The van der Waals surface area contributed by atoms with Crippen molar-refractivity contribution >= 4 is 6.09 Å². The molecule has 1 saturated heterocycles. The van der Waals surface area contributed by atoms with Crippen LogP contribution >= 0.6 is 0 Å². The molecule has 0 radical (unpaired) electrons. The molecule has 1 amide bonds. The molecule has 1 aromatic carbocycles. The summed E-state index contributed by atoms with van der Waals surface area (Å²) >= 11 is 0. The first-order valence-corrected chi connectivity index (χ1v) is 10.6. The van der Waals surface area contributed by atoms with Crippen LogP contribution in [0.5, 0.6) is 5.75 Å². The normalized spacial score (nSPS) is 18.9. The number of rotatable bonds is 8. The van der Waals surface area contributed by atoms with Gasteiger partial charge in [-0.25, -0.2) is 4.79 Å². The second-order valence-corrected chi connectivity index (χ2v) is 8.91. The quantitative estimate of drug-likeness (QED) is 0.637. The second kappa shape index (κ2) is 10.3. The van der Waals surface area contributed by atoms with E-state index in [9.17, 15) is 4.79 Å². The molecular formula is C23H38N2O4. The Hall–Kier alpha value is -1.79. The predicted octanol–water partition coefficient (Wildman–Crippen LogP) is 4.08. The molecule has 3 atom stereocenters. The van der Waals surface area contributed by atoms with E-state index in [0.29, 0.717) is 13.2 Å². The van der Waals surface area contributed by atoms with Crippen LogP contribution in [0.15, 0.2) is 12.1 Å². The number of nitrogens with one attached hydrogen (secondary N) is 2. The topological polar surface area (TPSA) is 68.8 Å². The van der Waals surface area contributed by atoms with Crippen LogP contribution in [0.3, 0.4) is 0 Å². The fourth-order valence-electron chi connectivity index (χ4n) is 3.93. The highest BCUT2D eigenvalue weighted by atomic mass is 16.6. The van der Waals surface area contributed by atoms with E-state index in [0.717, 1.165) is 30.7 Å². The van der Waals surface area contributed by atoms with E-state index in [2.05, 4.69) is 37.5 Å². The average molecular weight is 407 g/mol. The van der Waals surface area contributed by atoms with Crippen molar-refractivity contribution in [2.45, 2.75) is 78.0 Å². The molecule has 2 rings (SSSR count). The van der Waals surface area contributed by atoms with Crippen LogP contribution in [0.25, 0.3) is 0 Å². The van der Waals surface area contributed by atoms with E-state index in [4.69, 9.17) is 14.2 Å². The molecule has 1 heterocycles. The Morgan fingerprint density at radius 3 is 2.55 bits per heavy atom. The number of hydrogen-bond donors (Lipinski definition) is 2. The predicted molar refractivity (Wildman–Crippen MR) is 116 cm³/mol. The van der Waals surface area contributed by atoms with Crippen LogP contribution in [-0.4, -0.2) is 50.6 Å². The zero-order valence-corrected chi connectivity index (χ0v) is 19.1. The van der Waals surface area contributed by atoms with Crippen molar-refractivity contribution in [1.29, 1.82) is 0 Å². The van der Waals surface area contributed by atoms with E-state index in [1.807, 2.05) is 26.8 Å². The lowest BCUT2D eigenvalue weighted by atomic mass is 9.84. The third-order valence-corrected chi connectivity index (χ3v) is 5.57. The number of amides is 1. The molecule has 0 bridgehead atoms. The van der Waals surface area contributed by atoms with Crippen molar-refractivity contribution in [2.75, 3.05) is 26.9 Å². The summed E-state index contributed by atoms with van der Waals surface area (Å²) in [5.74, 6) is 1.01. The number of methoxy groups -OCH3 is 1. The van der Waals surface area contributed by atoms with Crippen LogP contribution in [0, 0.1) is 13.8 Å². The van der Waals surface area contributed by atoms with Crippen LogP contribution < -0.4 is 15.4 Å². The van der Waals surface area contributed by atoms with E-state index < -0.39 is 5.60 Å². The molecule has 1 aromatic rings. The first-order valence-electron chi connectivity index (χ1n) is 10.6. The van der Waals surface area contributed by atoms with Crippen molar-refractivity contribution in [2.24, 2.45) is 0 Å². The first-order chi connectivity index (χ1) is 13.6. The van der Waals surface area contributed by atoms with Crippen LogP contribution in [-0.2, 0) is 9.47 Å². The average Bonchev–Trinajstić information content (AvgIpc) is 3.16. The maximum atomic E-state index is 12.5.